The Morgan fingerprint density at radius 3 is 0.685 bits per heavy atom. The average molecular weight is 1500 g/mol. The lowest BCUT2D eigenvalue weighted by atomic mass is 9.86. The molecule has 0 saturated carbocycles. The summed E-state index contributed by atoms with van der Waals surface area (Å²) in [4.78, 5) is 147. The number of fused-ring (bicyclic) bond motifs is 8. The number of carbonyl (C=O) groups is 11. The maximum Gasteiger partial charge on any atom is 0.333 e. The third-order valence-corrected chi connectivity index (χ3v) is 17.2. The van der Waals surface area contributed by atoms with Crippen molar-refractivity contribution in [2.75, 3.05) is 72.7 Å². The van der Waals surface area contributed by atoms with Crippen molar-refractivity contribution in [3.05, 3.63) is 164 Å². The Kier molecular flexibility index (Phi) is 40.9. The normalized spacial score (nSPS) is 11.7. The highest BCUT2D eigenvalue weighted by Gasteiger charge is 2.28. The van der Waals surface area contributed by atoms with E-state index in [0.29, 0.717) is 115 Å². The van der Waals surface area contributed by atoms with Crippen molar-refractivity contribution in [2.45, 2.75) is 209 Å². The minimum absolute atomic E-state index is 0.00430. The van der Waals surface area contributed by atoms with Crippen LogP contribution in [0.5, 0.6) is 23.0 Å². The molecule has 0 unspecified atom stereocenters. The van der Waals surface area contributed by atoms with Crippen molar-refractivity contribution in [3.8, 4) is 23.0 Å². The van der Waals surface area contributed by atoms with Gasteiger partial charge in [0.2, 0.25) is 0 Å². The van der Waals surface area contributed by atoms with Gasteiger partial charge >= 0.3 is 41.8 Å². The minimum atomic E-state index is -0.794. The molecule has 1 aliphatic rings. The fraction of sp³-hybridized carbons (Fsp3) is 0.500. The molecule has 4 aromatic carbocycles. The molecular weight excluding hydrogens is 1380 g/mol. The Hall–Kier alpha value is -9.99. The lowest BCUT2D eigenvalue weighted by Crippen LogP contribution is -2.15. The molecule has 0 radical (unpaired) electrons. The minimum Gasteiger partial charge on any atom is -0.493 e. The smallest absolute Gasteiger partial charge is 0.333 e. The number of unbranched alkanes of at least 4 members (excludes halogenated alkanes) is 8. The highest BCUT2D eigenvalue weighted by molar-refractivity contribution is 6.00. The van der Waals surface area contributed by atoms with E-state index in [1.165, 1.54) is 0 Å². The van der Waals surface area contributed by atoms with Gasteiger partial charge in [-0.25, -0.2) is 33.6 Å². The molecular formula is C86H110O22. The molecule has 4 aromatic rings. The largest absolute Gasteiger partial charge is 0.493 e. The summed E-state index contributed by atoms with van der Waals surface area (Å²) in [6, 6.07) is 14.3. The molecule has 0 spiro atoms. The van der Waals surface area contributed by atoms with Crippen LogP contribution in [0.25, 0.3) is 0 Å². The monoisotopic (exact) mass is 1490 g/mol. The summed E-state index contributed by atoms with van der Waals surface area (Å²) in [7, 11) is 0. The first-order valence-electron chi connectivity index (χ1n) is 38.3. The lowest BCUT2D eigenvalue weighted by molar-refractivity contribution is -0.140. The average Bonchev–Trinajstić information content (AvgIpc) is 0.768. The van der Waals surface area contributed by atoms with Crippen LogP contribution in [0, 0.1) is 0 Å². The van der Waals surface area contributed by atoms with Gasteiger partial charge in [-0.2, -0.15) is 0 Å². The molecule has 1 aliphatic carbocycles. The quantitative estimate of drug-likeness (QED) is 0.0115. The molecule has 0 saturated heterocycles. The second-order valence-corrected chi connectivity index (χ2v) is 26.2. The van der Waals surface area contributed by atoms with E-state index >= 15 is 0 Å². The molecule has 0 N–H and O–H groups in total. The second kappa shape index (κ2) is 49.8. The van der Waals surface area contributed by atoms with Crippen LogP contribution in [0.1, 0.15) is 270 Å². The number of ether oxygens (including phenoxy) is 11. The molecule has 22 heteroatoms. The molecule has 8 bridgehead atoms. The van der Waals surface area contributed by atoms with Gasteiger partial charge < -0.3 is 52.1 Å². The van der Waals surface area contributed by atoms with Crippen molar-refractivity contribution in [2.24, 2.45) is 0 Å². The number of ketones is 4. The van der Waals surface area contributed by atoms with Crippen LogP contribution in [0.2, 0.25) is 0 Å². The molecule has 0 aliphatic heterocycles. The maximum absolute atomic E-state index is 15.0. The summed E-state index contributed by atoms with van der Waals surface area (Å²) in [5, 5.41) is 0. The highest BCUT2D eigenvalue weighted by Crippen LogP contribution is 2.42. The highest BCUT2D eigenvalue weighted by atomic mass is 16.6. The standard InChI is InChI=1S/C86H110O22/c1-10-17-21-29-72(87)60-47-64-55-66-49-61(73(88)30-22-18-11-2)51-68(83(66)105-43-26-40-102-80(95)37-34-77(92)99-15-6)57-70-53-63(75(90)32-24-20-13-4)54-71(85(70)107-45-28-46-108-86(97)59(8)9)58-69-52-62(74(89)31-23-19-12-3)50-67(84(69)106-44-27-41-103-81(96)38-35-78(93)100-16-7)56-65(48-60)82(64)104-42-25-39-101-79(94)36-33-76(91)98-14-5/h33-38,47-54H,8,10-32,39-46,55-58H2,1-7,9H3/b36-33-,37-34-,38-35-. The predicted molar refractivity (Wildman–Crippen MR) is 407 cm³/mol. The van der Waals surface area contributed by atoms with Crippen LogP contribution in [0.4, 0.5) is 0 Å². The topological polar surface area (TPSA) is 289 Å². The van der Waals surface area contributed by atoms with Gasteiger partial charge in [-0.05, 0) is 146 Å². The molecule has 0 aromatic heterocycles. The van der Waals surface area contributed by atoms with Crippen LogP contribution < -0.4 is 18.9 Å². The van der Waals surface area contributed by atoms with Crippen molar-refractivity contribution in [1.29, 1.82) is 0 Å². The summed E-state index contributed by atoms with van der Waals surface area (Å²) >= 11 is 0. The fourth-order valence-electron chi connectivity index (χ4n) is 11.9. The summed E-state index contributed by atoms with van der Waals surface area (Å²) < 4.78 is 64.8. The molecule has 0 amide bonds. The molecule has 0 fully saturated rings. The van der Waals surface area contributed by atoms with Gasteiger partial charge in [-0.3, -0.25) is 19.2 Å². The predicted octanol–water partition coefficient (Wildman–Crippen LogP) is 15.6. The number of hydrogen-bond acceptors (Lipinski definition) is 22. The molecule has 5 rings (SSSR count). The zero-order chi connectivity index (χ0) is 78.6. The SMILES string of the molecule is C=C(C)C(=O)OCCCOc1c2cc(C(=O)CCCCC)cc1Cc1cc(C(=O)CCCCC)cc(c1OCCCOC(=O)/C=C\C(=O)OCC)Cc1cc(C(=O)CCCCC)cc(c1OCCCOC(=O)/C=C\C(=O)OCC)Cc1cc(C(=O)CCCCC)cc(c1OCCCOC(=O)/C=C\C(=O)OCC)C2. The zero-order valence-electron chi connectivity index (χ0n) is 64.5. The van der Waals surface area contributed by atoms with Crippen LogP contribution in [-0.4, -0.2) is 138 Å². The summed E-state index contributed by atoms with van der Waals surface area (Å²) in [5.74, 6) is -4.43. The van der Waals surface area contributed by atoms with Gasteiger partial charge in [0.1, 0.15) is 23.0 Å². The lowest BCUT2D eigenvalue weighted by Gasteiger charge is -2.25. The van der Waals surface area contributed by atoms with Gasteiger partial charge in [0.25, 0.3) is 0 Å². The fourth-order valence-corrected chi connectivity index (χ4v) is 11.9. The van der Waals surface area contributed by atoms with Crippen molar-refractivity contribution in [1.82, 2.24) is 0 Å². The Bertz CT molecular complexity index is 3640. The van der Waals surface area contributed by atoms with Crippen LogP contribution in [-0.2, 0) is 92.4 Å². The van der Waals surface area contributed by atoms with Crippen LogP contribution in [0.3, 0.4) is 0 Å². The summed E-state index contributed by atoms with van der Waals surface area (Å²) in [6.45, 7) is 18.0. The Labute approximate surface area is 635 Å². The third kappa shape index (κ3) is 31.4. The number of benzene rings is 4. The number of carbonyl (C=O) groups excluding carboxylic acids is 11. The molecule has 586 valence electrons. The molecule has 108 heavy (non-hydrogen) atoms. The van der Waals surface area contributed by atoms with E-state index in [9.17, 15) is 52.7 Å². The van der Waals surface area contributed by atoms with E-state index < -0.39 is 41.8 Å². The zero-order valence-corrected chi connectivity index (χ0v) is 64.5. The number of hydrogen-bond donors (Lipinski definition) is 0. The van der Waals surface area contributed by atoms with Crippen LogP contribution in [0.15, 0.2) is 97.1 Å². The number of Topliss-reactive ketones (excluding diaryl/α,β-unsaturated/α-hetero) is 4. The van der Waals surface area contributed by atoms with Gasteiger partial charge in [0.15, 0.2) is 23.1 Å². The second-order valence-electron chi connectivity index (χ2n) is 26.2. The van der Waals surface area contributed by atoms with E-state index in [0.717, 1.165) is 87.8 Å². The van der Waals surface area contributed by atoms with E-state index in [1.807, 2.05) is 27.7 Å². The Morgan fingerprint density at radius 2 is 0.491 bits per heavy atom. The Balaban J connectivity index is 1.96. The first-order chi connectivity index (χ1) is 52.2. The number of esters is 7. The summed E-state index contributed by atoms with van der Waals surface area (Å²) in [5.41, 5.74) is 5.54. The van der Waals surface area contributed by atoms with E-state index in [-0.39, 0.29) is 178 Å². The first kappa shape index (κ1) is 88.6. The molecule has 0 heterocycles. The van der Waals surface area contributed by atoms with Crippen LogP contribution >= 0.6 is 0 Å². The van der Waals surface area contributed by atoms with E-state index in [1.54, 1.807) is 76.2 Å². The van der Waals surface area contributed by atoms with Gasteiger partial charge in [0.05, 0.1) is 72.7 Å². The third-order valence-electron chi connectivity index (χ3n) is 17.2. The molecule has 22 nitrogen and oxygen atoms in total. The number of rotatable bonds is 50. The van der Waals surface area contributed by atoms with Crippen molar-refractivity contribution in [3.63, 3.8) is 0 Å². The van der Waals surface area contributed by atoms with E-state index in [2.05, 4.69) is 6.58 Å². The Morgan fingerprint density at radius 1 is 0.287 bits per heavy atom. The summed E-state index contributed by atoms with van der Waals surface area (Å²) in [6.07, 6.45) is 16.0. The first-order valence-corrected chi connectivity index (χ1v) is 38.3. The maximum atomic E-state index is 15.0. The van der Waals surface area contributed by atoms with Gasteiger partial charge in [-0.1, -0.05) is 85.6 Å². The van der Waals surface area contributed by atoms with Gasteiger partial charge in [-0.15, -0.1) is 0 Å². The van der Waals surface area contributed by atoms with E-state index in [4.69, 9.17) is 52.1 Å². The van der Waals surface area contributed by atoms with Crippen molar-refractivity contribution >= 4 is 64.9 Å². The molecule has 0 atom stereocenters. The van der Waals surface area contributed by atoms with Gasteiger partial charge in [0, 0.05) is 141 Å². The van der Waals surface area contributed by atoms with Crippen molar-refractivity contribution < 1.29 is 105 Å².